The molecular weight excluding hydrogens is 252 g/mol. The normalized spacial score (nSPS) is 16.1. The average molecular weight is 273 g/mol. The number of hydrogen-bond acceptors (Lipinski definition) is 3. The molecule has 5 heteroatoms. The largest absolute Gasteiger partial charge is 0.459 e. The topological polar surface area (TPSA) is 45.5 Å². The summed E-state index contributed by atoms with van der Waals surface area (Å²) in [7, 11) is 0. The molecule has 1 aromatic rings. The summed E-state index contributed by atoms with van der Waals surface area (Å²) in [4.78, 5) is 14.3. The second kappa shape index (κ2) is 7.44. The smallest absolute Gasteiger partial charge is 0.289 e. The summed E-state index contributed by atoms with van der Waals surface area (Å²) in [6, 6.07) is 3.86. The van der Waals surface area contributed by atoms with Gasteiger partial charge < -0.3 is 14.6 Å². The van der Waals surface area contributed by atoms with Crippen LogP contribution in [0.4, 0.5) is 0 Å². The van der Waals surface area contributed by atoms with E-state index in [1.54, 1.807) is 18.4 Å². The maximum atomic E-state index is 12.3. The van der Waals surface area contributed by atoms with E-state index in [1.807, 2.05) is 4.90 Å². The number of nitrogens with one attached hydrogen (secondary N) is 1. The fraction of sp³-hybridized carbons (Fsp3) is 0.615. The molecule has 102 valence electrons. The fourth-order valence-electron chi connectivity index (χ4n) is 2.35. The molecule has 1 saturated heterocycles. The minimum Gasteiger partial charge on any atom is -0.459 e. The van der Waals surface area contributed by atoms with Crippen LogP contribution in [0.2, 0.25) is 0 Å². The number of furan rings is 1. The van der Waals surface area contributed by atoms with Gasteiger partial charge in [0.1, 0.15) is 0 Å². The average Bonchev–Trinajstić information content (AvgIpc) is 2.90. The van der Waals surface area contributed by atoms with Gasteiger partial charge in [0, 0.05) is 12.6 Å². The molecule has 0 radical (unpaired) electrons. The lowest BCUT2D eigenvalue weighted by atomic mass is 10.0. The monoisotopic (exact) mass is 272 g/mol. The molecule has 0 spiro atoms. The number of carbonyl (C=O) groups is 1. The van der Waals surface area contributed by atoms with E-state index < -0.39 is 0 Å². The molecule has 0 saturated carbocycles. The molecule has 0 aromatic carbocycles. The summed E-state index contributed by atoms with van der Waals surface area (Å²) in [5.74, 6) is 0.487. The highest BCUT2D eigenvalue weighted by Gasteiger charge is 2.26. The molecule has 1 fully saturated rings. The van der Waals surface area contributed by atoms with Crippen LogP contribution in [0.15, 0.2) is 22.8 Å². The van der Waals surface area contributed by atoms with Crippen molar-refractivity contribution in [3.8, 4) is 0 Å². The van der Waals surface area contributed by atoms with E-state index in [9.17, 15) is 4.79 Å². The first-order valence-corrected chi connectivity index (χ1v) is 6.38. The molecule has 1 amide bonds. The Morgan fingerprint density at radius 2 is 2.22 bits per heavy atom. The predicted octanol–water partition coefficient (Wildman–Crippen LogP) is 2.31. The van der Waals surface area contributed by atoms with Crippen molar-refractivity contribution >= 4 is 18.3 Å². The minimum atomic E-state index is 0. The Labute approximate surface area is 114 Å². The van der Waals surface area contributed by atoms with Crippen LogP contribution in [0.25, 0.3) is 0 Å². The van der Waals surface area contributed by atoms with Crippen LogP contribution in [0.3, 0.4) is 0 Å². The van der Waals surface area contributed by atoms with Crippen molar-refractivity contribution in [1.29, 1.82) is 0 Å². The standard InChI is InChI=1S/C13H20N2O2.ClH/c1-2-9-15(11-5-7-14-8-6-11)13(16)12-4-3-10-17-12;/h3-4,10-11,14H,2,5-9H2,1H3;1H. The van der Waals surface area contributed by atoms with Gasteiger partial charge in [-0.1, -0.05) is 6.92 Å². The maximum Gasteiger partial charge on any atom is 0.289 e. The predicted molar refractivity (Wildman–Crippen MR) is 73.2 cm³/mol. The lowest BCUT2D eigenvalue weighted by molar-refractivity contribution is 0.0610. The van der Waals surface area contributed by atoms with Crippen molar-refractivity contribution in [3.05, 3.63) is 24.2 Å². The van der Waals surface area contributed by atoms with Crippen molar-refractivity contribution in [2.75, 3.05) is 19.6 Å². The molecule has 0 unspecified atom stereocenters. The van der Waals surface area contributed by atoms with Crippen LogP contribution in [0.1, 0.15) is 36.7 Å². The summed E-state index contributed by atoms with van der Waals surface area (Å²) in [5.41, 5.74) is 0. The number of amides is 1. The fourth-order valence-corrected chi connectivity index (χ4v) is 2.35. The van der Waals surface area contributed by atoms with Crippen LogP contribution in [-0.4, -0.2) is 36.5 Å². The van der Waals surface area contributed by atoms with Crippen LogP contribution in [0.5, 0.6) is 0 Å². The van der Waals surface area contributed by atoms with E-state index >= 15 is 0 Å². The Bertz CT molecular complexity index is 348. The number of rotatable bonds is 4. The van der Waals surface area contributed by atoms with Crippen LogP contribution < -0.4 is 5.32 Å². The molecule has 18 heavy (non-hydrogen) atoms. The number of piperidine rings is 1. The van der Waals surface area contributed by atoms with Crippen molar-refractivity contribution < 1.29 is 9.21 Å². The van der Waals surface area contributed by atoms with E-state index in [-0.39, 0.29) is 18.3 Å². The van der Waals surface area contributed by atoms with Gasteiger partial charge in [-0.15, -0.1) is 12.4 Å². The maximum absolute atomic E-state index is 12.3. The second-order valence-corrected chi connectivity index (χ2v) is 4.46. The highest BCUT2D eigenvalue weighted by atomic mass is 35.5. The molecule has 0 bridgehead atoms. The molecule has 1 N–H and O–H groups in total. The van der Waals surface area contributed by atoms with Crippen LogP contribution in [-0.2, 0) is 0 Å². The van der Waals surface area contributed by atoms with E-state index in [0.29, 0.717) is 11.8 Å². The zero-order valence-corrected chi connectivity index (χ0v) is 11.5. The number of halogens is 1. The lowest BCUT2D eigenvalue weighted by Crippen LogP contribution is -2.46. The first-order chi connectivity index (χ1) is 8.33. The number of carbonyl (C=O) groups excluding carboxylic acids is 1. The zero-order valence-electron chi connectivity index (χ0n) is 10.7. The molecule has 0 aliphatic carbocycles. The molecule has 1 aromatic heterocycles. The second-order valence-electron chi connectivity index (χ2n) is 4.46. The van der Waals surface area contributed by atoms with Crippen LogP contribution in [0, 0.1) is 0 Å². The van der Waals surface area contributed by atoms with Crippen LogP contribution >= 0.6 is 12.4 Å². The van der Waals surface area contributed by atoms with Crippen molar-refractivity contribution in [1.82, 2.24) is 10.2 Å². The van der Waals surface area contributed by atoms with Gasteiger partial charge in [0.05, 0.1) is 6.26 Å². The quantitative estimate of drug-likeness (QED) is 0.915. The minimum absolute atomic E-state index is 0. The third-order valence-electron chi connectivity index (χ3n) is 3.21. The molecule has 2 rings (SSSR count). The molecular formula is C13H21ClN2O2. The van der Waals surface area contributed by atoms with Gasteiger partial charge in [0.2, 0.25) is 0 Å². The van der Waals surface area contributed by atoms with Crippen molar-refractivity contribution in [2.24, 2.45) is 0 Å². The third-order valence-corrected chi connectivity index (χ3v) is 3.21. The van der Waals surface area contributed by atoms with Gasteiger partial charge >= 0.3 is 0 Å². The number of nitrogens with zero attached hydrogens (tertiary/aromatic N) is 1. The zero-order chi connectivity index (χ0) is 12.1. The van der Waals surface area contributed by atoms with Gasteiger partial charge in [-0.3, -0.25) is 4.79 Å². The van der Waals surface area contributed by atoms with Gasteiger partial charge in [0.15, 0.2) is 5.76 Å². The molecule has 4 nitrogen and oxygen atoms in total. The summed E-state index contributed by atoms with van der Waals surface area (Å²) < 4.78 is 5.21. The summed E-state index contributed by atoms with van der Waals surface area (Å²) in [5, 5.41) is 3.32. The summed E-state index contributed by atoms with van der Waals surface area (Å²) >= 11 is 0. The SMILES string of the molecule is CCCN(C(=O)c1ccco1)C1CCNCC1.Cl. The first kappa shape index (κ1) is 15.1. The van der Waals surface area contributed by atoms with E-state index in [1.165, 1.54) is 0 Å². The lowest BCUT2D eigenvalue weighted by Gasteiger charge is -2.34. The van der Waals surface area contributed by atoms with Crippen molar-refractivity contribution in [3.63, 3.8) is 0 Å². The van der Waals surface area contributed by atoms with Gasteiger partial charge in [-0.25, -0.2) is 0 Å². The van der Waals surface area contributed by atoms with Gasteiger partial charge in [-0.05, 0) is 44.5 Å². The Kier molecular flexibility index (Phi) is 6.22. The van der Waals surface area contributed by atoms with Gasteiger partial charge in [-0.2, -0.15) is 0 Å². The molecule has 1 aliphatic heterocycles. The van der Waals surface area contributed by atoms with E-state index in [0.717, 1.165) is 38.9 Å². The Morgan fingerprint density at radius 1 is 1.50 bits per heavy atom. The van der Waals surface area contributed by atoms with Crippen molar-refractivity contribution in [2.45, 2.75) is 32.2 Å². The third kappa shape index (κ3) is 3.50. The Hall–Kier alpha value is -1.00. The summed E-state index contributed by atoms with van der Waals surface area (Å²) in [6.45, 7) is 4.90. The van der Waals surface area contributed by atoms with E-state index in [2.05, 4.69) is 12.2 Å². The number of hydrogen-bond donors (Lipinski definition) is 1. The highest BCUT2D eigenvalue weighted by molar-refractivity contribution is 5.91. The van der Waals surface area contributed by atoms with E-state index in [4.69, 9.17) is 4.42 Å². The first-order valence-electron chi connectivity index (χ1n) is 6.38. The molecule has 2 heterocycles. The highest BCUT2D eigenvalue weighted by Crippen LogP contribution is 2.16. The Morgan fingerprint density at radius 3 is 2.78 bits per heavy atom. The van der Waals surface area contributed by atoms with Gasteiger partial charge in [0.25, 0.3) is 5.91 Å². The molecule has 0 atom stereocenters. The Balaban J connectivity index is 0.00000162. The summed E-state index contributed by atoms with van der Waals surface area (Å²) in [6.07, 6.45) is 4.61. The molecule has 1 aliphatic rings.